The minimum absolute atomic E-state index is 0.0150. The summed E-state index contributed by atoms with van der Waals surface area (Å²) in [5.41, 5.74) is 1.96. The van der Waals surface area contributed by atoms with Crippen LogP contribution >= 0.6 is 23.8 Å². The van der Waals surface area contributed by atoms with Gasteiger partial charge in [-0.1, -0.05) is 29.8 Å². The molecule has 34 heavy (non-hydrogen) atoms. The summed E-state index contributed by atoms with van der Waals surface area (Å²) in [6.07, 6.45) is 1.70. The lowest BCUT2D eigenvalue weighted by Gasteiger charge is -2.26. The van der Waals surface area contributed by atoms with Crippen molar-refractivity contribution in [3.8, 4) is 17.1 Å². The molecule has 1 saturated heterocycles. The van der Waals surface area contributed by atoms with Gasteiger partial charge in [0.2, 0.25) is 0 Å². The quantitative estimate of drug-likeness (QED) is 0.311. The van der Waals surface area contributed by atoms with Crippen LogP contribution in [-0.4, -0.2) is 26.3 Å². The van der Waals surface area contributed by atoms with E-state index < -0.39 is 12.0 Å². The molecule has 1 aliphatic rings. The number of rotatable bonds is 5. The van der Waals surface area contributed by atoms with E-state index in [1.165, 1.54) is 12.1 Å². The van der Waals surface area contributed by atoms with Crippen LogP contribution in [0.15, 0.2) is 83.4 Å². The van der Waals surface area contributed by atoms with Crippen molar-refractivity contribution in [2.24, 2.45) is 0 Å². The number of pyridine rings is 1. The zero-order valence-electron chi connectivity index (χ0n) is 17.6. The van der Waals surface area contributed by atoms with Crippen LogP contribution in [0.1, 0.15) is 33.9 Å². The number of carbonyl (C=O) groups is 1. The number of carboxylic acid groups (broad SMARTS) is 1. The Bertz CT molecular complexity index is 1390. The number of hydrogen-bond acceptors (Lipinski definition) is 5. The molecule has 9 heteroatoms. The molecule has 170 valence electrons. The highest BCUT2D eigenvalue weighted by Gasteiger charge is 2.43. The maximum absolute atomic E-state index is 11.4. The van der Waals surface area contributed by atoms with E-state index >= 15 is 0 Å². The highest BCUT2D eigenvalue weighted by atomic mass is 35.5. The molecule has 0 spiro atoms. The number of aromatic carboxylic acids is 1. The predicted molar refractivity (Wildman–Crippen MR) is 132 cm³/mol. The molecule has 2 aromatic heterocycles. The van der Waals surface area contributed by atoms with E-state index in [0.717, 1.165) is 5.69 Å². The van der Waals surface area contributed by atoms with Crippen molar-refractivity contribution in [3.05, 3.63) is 101 Å². The fourth-order valence-corrected chi connectivity index (χ4v) is 4.57. The van der Waals surface area contributed by atoms with Gasteiger partial charge in [-0.25, -0.2) is 4.79 Å². The first-order chi connectivity index (χ1) is 16.4. The van der Waals surface area contributed by atoms with E-state index in [-0.39, 0.29) is 17.4 Å². The predicted octanol–water partition coefficient (Wildman–Crippen LogP) is 5.58. The van der Waals surface area contributed by atoms with Gasteiger partial charge in [0.25, 0.3) is 0 Å². The fraction of sp³-hybridized carbons (Fsp3) is 0.0800. The number of nitrogens with one attached hydrogen (secondary N) is 1. The Labute approximate surface area is 205 Å². The summed E-state index contributed by atoms with van der Waals surface area (Å²) >= 11 is 11.9. The van der Waals surface area contributed by atoms with Gasteiger partial charge in [0, 0.05) is 16.8 Å². The Morgan fingerprint density at radius 2 is 1.94 bits per heavy atom. The molecule has 0 saturated carbocycles. The van der Waals surface area contributed by atoms with Crippen molar-refractivity contribution in [1.82, 2.24) is 10.3 Å². The number of hydrogen-bond donors (Lipinski definition) is 3. The zero-order chi connectivity index (χ0) is 23.8. The molecule has 0 radical (unpaired) electrons. The van der Waals surface area contributed by atoms with Crippen LogP contribution in [0.2, 0.25) is 5.02 Å². The molecule has 4 aromatic rings. The highest BCUT2D eigenvalue weighted by molar-refractivity contribution is 7.80. The number of nitrogens with zero attached hydrogens (tertiary/aromatic N) is 2. The maximum Gasteiger partial charge on any atom is 0.335 e. The number of carboxylic acids is 1. The molecule has 2 atom stereocenters. The van der Waals surface area contributed by atoms with Gasteiger partial charge < -0.3 is 24.8 Å². The summed E-state index contributed by atoms with van der Waals surface area (Å²) in [6, 6.07) is 19.6. The minimum Gasteiger partial charge on any atom is -0.506 e. The topological polar surface area (TPSA) is 98.8 Å². The number of aromatic nitrogens is 1. The third-order valence-electron chi connectivity index (χ3n) is 5.61. The molecule has 0 unspecified atom stereocenters. The van der Waals surface area contributed by atoms with Crippen LogP contribution in [0.4, 0.5) is 5.69 Å². The Hall–Kier alpha value is -3.88. The van der Waals surface area contributed by atoms with Gasteiger partial charge >= 0.3 is 5.97 Å². The van der Waals surface area contributed by atoms with Crippen LogP contribution in [-0.2, 0) is 0 Å². The lowest BCUT2D eigenvalue weighted by atomic mass is 10.0. The molecule has 1 fully saturated rings. The molecule has 1 aliphatic heterocycles. The Kier molecular flexibility index (Phi) is 5.69. The monoisotopic (exact) mass is 491 g/mol. The molecule has 0 aliphatic carbocycles. The van der Waals surface area contributed by atoms with Crippen molar-refractivity contribution < 1.29 is 19.4 Å². The van der Waals surface area contributed by atoms with Crippen molar-refractivity contribution in [3.63, 3.8) is 0 Å². The number of furan rings is 1. The van der Waals surface area contributed by atoms with Gasteiger partial charge in [-0.2, -0.15) is 0 Å². The van der Waals surface area contributed by atoms with E-state index in [2.05, 4.69) is 10.3 Å². The lowest BCUT2D eigenvalue weighted by molar-refractivity contribution is 0.0697. The van der Waals surface area contributed by atoms with Crippen LogP contribution < -0.4 is 10.2 Å². The number of phenols is 1. The average molecular weight is 492 g/mol. The molecule has 5 rings (SSSR count). The minimum atomic E-state index is -1.02. The third kappa shape index (κ3) is 3.98. The molecule has 2 aromatic carbocycles. The van der Waals surface area contributed by atoms with E-state index in [9.17, 15) is 15.0 Å². The first-order valence-corrected chi connectivity index (χ1v) is 11.1. The molecular formula is C25H18ClN3O4S. The lowest BCUT2D eigenvalue weighted by Crippen LogP contribution is -2.29. The fourth-order valence-electron chi connectivity index (χ4n) is 4.07. The molecular weight excluding hydrogens is 474 g/mol. The number of benzene rings is 2. The third-order valence-corrected chi connectivity index (χ3v) is 6.16. The van der Waals surface area contributed by atoms with Crippen molar-refractivity contribution in [2.45, 2.75) is 12.1 Å². The summed E-state index contributed by atoms with van der Waals surface area (Å²) in [4.78, 5) is 17.6. The number of phenolic OH excluding ortho intramolecular Hbond substituents is 1. The molecule has 7 nitrogen and oxygen atoms in total. The number of aromatic hydroxyl groups is 1. The summed E-state index contributed by atoms with van der Waals surface area (Å²) in [6.45, 7) is 0. The first kappa shape index (κ1) is 21.9. The number of thiocarbonyl (C=S) groups is 1. The summed E-state index contributed by atoms with van der Waals surface area (Å²) in [7, 11) is 0. The molecule has 0 bridgehead atoms. The number of halogens is 1. The largest absolute Gasteiger partial charge is 0.506 e. The van der Waals surface area contributed by atoms with E-state index in [4.69, 9.17) is 28.2 Å². The molecule has 0 amide bonds. The van der Waals surface area contributed by atoms with Crippen LogP contribution in [0.3, 0.4) is 0 Å². The standard InChI is InChI=1S/C25H18ClN3O4S/c26-16-7-8-19(30)18(13-16)29-23(22(28-25(29)34)17-6-1-2-11-27-17)21-10-9-20(33-21)14-4-3-5-15(12-14)24(31)32/h1-13,22-23,30H,(H,28,34)(H,31,32)/t22-,23+/m1/s1. The summed E-state index contributed by atoms with van der Waals surface area (Å²) < 4.78 is 6.23. The summed E-state index contributed by atoms with van der Waals surface area (Å²) in [5, 5.41) is 24.1. The SMILES string of the molecule is O=C(O)c1cccc(-c2ccc([C@H]3[C@@H](c4ccccn4)NC(=S)N3c3cc(Cl)ccc3O)o2)c1. The van der Waals surface area contributed by atoms with Crippen LogP contribution in [0.25, 0.3) is 11.3 Å². The van der Waals surface area contributed by atoms with Crippen molar-refractivity contribution in [2.75, 3.05) is 4.90 Å². The van der Waals surface area contributed by atoms with Gasteiger partial charge in [0.05, 0.1) is 23.0 Å². The van der Waals surface area contributed by atoms with Gasteiger partial charge in [-0.05, 0) is 66.8 Å². The summed E-state index contributed by atoms with van der Waals surface area (Å²) in [5.74, 6) is 0.0574. The van der Waals surface area contributed by atoms with Crippen LogP contribution in [0, 0.1) is 0 Å². The highest BCUT2D eigenvalue weighted by Crippen LogP contribution is 2.45. The Morgan fingerprint density at radius 1 is 1.09 bits per heavy atom. The molecule has 3 N–H and O–H groups in total. The molecule has 3 heterocycles. The Balaban J connectivity index is 1.62. The second-order valence-electron chi connectivity index (χ2n) is 7.72. The van der Waals surface area contributed by atoms with Gasteiger partial charge in [-0.15, -0.1) is 0 Å². The van der Waals surface area contributed by atoms with Crippen molar-refractivity contribution in [1.29, 1.82) is 0 Å². The maximum atomic E-state index is 11.4. The van der Waals surface area contributed by atoms with E-state index in [0.29, 0.717) is 32.9 Å². The van der Waals surface area contributed by atoms with E-state index in [1.807, 2.05) is 24.3 Å². The second-order valence-corrected chi connectivity index (χ2v) is 8.54. The van der Waals surface area contributed by atoms with Crippen molar-refractivity contribution >= 4 is 40.6 Å². The van der Waals surface area contributed by atoms with Gasteiger partial charge in [0.15, 0.2) is 5.11 Å². The van der Waals surface area contributed by atoms with E-state index in [1.54, 1.807) is 47.5 Å². The Morgan fingerprint density at radius 3 is 2.71 bits per heavy atom. The first-order valence-electron chi connectivity index (χ1n) is 10.3. The normalized spacial score (nSPS) is 17.6. The number of anilines is 1. The van der Waals surface area contributed by atoms with Gasteiger partial charge in [0.1, 0.15) is 23.3 Å². The van der Waals surface area contributed by atoms with Crippen LogP contribution in [0.5, 0.6) is 5.75 Å². The zero-order valence-corrected chi connectivity index (χ0v) is 19.1. The smallest absolute Gasteiger partial charge is 0.335 e. The van der Waals surface area contributed by atoms with Gasteiger partial charge in [-0.3, -0.25) is 4.98 Å². The average Bonchev–Trinajstić information content (AvgIpc) is 3.46. The second kappa shape index (κ2) is 8.81.